The van der Waals surface area contributed by atoms with Gasteiger partial charge in [0.25, 0.3) is 0 Å². The van der Waals surface area contributed by atoms with Crippen molar-refractivity contribution < 1.29 is 28.6 Å². The molecular formula is C52H92O6. The van der Waals surface area contributed by atoms with E-state index >= 15 is 0 Å². The van der Waals surface area contributed by atoms with Crippen molar-refractivity contribution in [1.82, 2.24) is 0 Å². The minimum absolute atomic E-state index is 0.0878. The predicted octanol–water partition coefficient (Wildman–Crippen LogP) is 15.9. The van der Waals surface area contributed by atoms with Crippen LogP contribution in [0.3, 0.4) is 0 Å². The number of hydrogen-bond acceptors (Lipinski definition) is 6. The zero-order valence-corrected chi connectivity index (χ0v) is 38.3. The van der Waals surface area contributed by atoms with Crippen molar-refractivity contribution in [2.24, 2.45) is 0 Å². The largest absolute Gasteiger partial charge is 0.462 e. The lowest BCUT2D eigenvalue weighted by molar-refractivity contribution is -0.167. The highest BCUT2D eigenvalue weighted by Crippen LogP contribution is 2.14. The summed E-state index contributed by atoms with van der Waals surface area (Å²) in [5, 5.41) is 0. The highest BCUT2D eigenvalue weighted by molar-refractivity contribution is 5.71. The number of hydrogen-bond donors (Lipinski definition) is 0. The van der Waals surface area contributed by atoms with Crippen molar-refractivity contribution in [1.29, 1.82) is 0 Å². The molecule has 0 bridgehead atoms. The summed E-state index contributed by atoms with van der Waals surface area (Å²) in [5.41, 5.74) is 0. The summed E-state index contributed by atoms with van der Waals surface area (Å²) in [7, 11) is 0. The number of ether oxygens (including phenoxy) is 3. The Bertz CT molecular complexity index is 1030. The molecular weight excluding hydrogens is 721 g/mol. The van der Waals surface area contributed by atoms with Gasteiger partial charge in [0, 0.05) is 19.3 Å². The first-order valence-corrected chi connectivity index (χ1v) is 24.6. The van der Waals surface area contributed by atoms with Crippen LogP contribution in [0.4, 0.5) is 0 Å². The van der Waals surface area contributed by atoms with Crippen LogP contribution in [0.1, 0.15) is 245 Å². The summed E-state index contributed by atoms with van der Waals surface area (Å²) in [5.74, 6) is -0.931. The molecule has 0 aliphatic carbocycles. The molecule has 58 heavy (non-hydrogen) atoms. The van der Waals surface area contributed by atoms with E-state index in [1.54, 1.807) is 0 Å². The van der Waals surface area contributed by atoms with Gasteiger partial charge in [-0.1, -0.05) is 191 Å². The summed E-state index contributed by atoms with van der Waals surface area (Å²) in [6, 6.07) is 0. The minimum Gasteiger partial charge on any atom is -0.462 e. The number of esters is 3. The maximum atomic E-state index is 12.7. The molecule has 0 saturated carbocycles. The van der Waals surface area contributed by atoms with Gasteiger partial charge in [0.1, 0.15) is 13.2 Å². The van der Waals surface area contributed by atoms with Crippen molar-refractivity contribution in [2.45, 2.75) is 252 Å². The normalized spacial score (nSPS) is 12.4. The third-order valence-electron chi connectivity index (χ3n) is 10.6. The van der Waals surface area contributed by atoms with Gasteiger partial charge in [-0.05, 0) is 83.5 Å². The fourth-order valence-electron chi connectivity index (χ4n) is 6.80. The van der Waals surface area contributed by atoms with Crippen LogP contribution in [-0.2, 0) is 28.6 Å². The topological polar surface area (TPSA) is 78.9 Å². The average Bonchev–Trinajstić information content (AvgIpc) is 3.22. The first-order chi connectivity index (χ1) is 28.5. The lowest BCUT2D eigenvalue weighted by Gasteiger charge is -2.18. The molecule has 0 saturated heterocycles. The Morgan fingerprint density at radius 2 is 0.621 bits per heavy atom. The van der Waals surface area contributed by atoms with Crippen LogP contribution < -0.4 is 0 Å². The fraction of sp³-hybridized carbons (Fsp3) is 0.788. The predicted molar refractivity (Wildman–Crippen MR) is 247 cm³/mol. The molecule has 0 unspecified atom stereocenters. The van der Waals surface area contributed by atoms with E-state index in [1.807, 2.05) is 0 Å². The molecule has 0 aromatic heterocycles. The van der Waals surface area contributed by atoms with E-state index in [1.165, 1.54) is 128 Å². The second-order valence-electron chi connectivity index (χ2n) is 16.4. The molecule has 0 radical (unpaired) electrons. The van der Waals surface area contributed by atoms with Gasteiger partial charge >= 0.3 is 17.9 Å². The lowest BCUT2D eigenvalue weighted by Crippen LogP contribution is -2.30. The van der Waals surface area contributed by atoms with Crippen molar-refractivity contribution in [3.63, 3.8) is 0 Å². The van der Waals surface area contributed by atoms with Crippen LogP contribution in [0.25, 0.3) is 0 Å². The Balaban J connectivity index is 4.44. The Hall–Kier alpha value is -2.63. The van der Waals surface area contributed by atoms with Gasteiger partial charge in [-0.15, -0.1) is 0 Å². The van der Waals surface area contributed by atoms with Gasteiger partial charge in [0.2, 0.25) is 0 Å². The number of carbonyl (C=O) groups excluding carboxylic acids is 3. The minimum atomic E-state index is -0.787. The van der Waals surface area contributed by atoms with E-state index in [4.69, 9.17) is 14.2 Å². The van der Waals surface area contributed by atoms with E-state index < -0.39 is 6.10 Å². The molecule has 0 rings (SSSR count). The van der Waals surface area contributed by atoms with Gasteiger partial charge in [0.15, 0.2) is 6.10 Å². The van der Waals surface area contributed by atoms with Crippen molar-refractivity contribution in [3.8, 4) is 0 Å². The second-order valence-corrected chi connectivity index (χ2v) is 16.4. The lowest BCUT2D eigenvalue weighted by atomic mass is 10.0. The number of rotatable bonds is 44. The van der Waals surface area contributed by atoms with Gasteiger partial charge < -0.3 is 14.2 Å². The smallest absolute Gasteiger partial charge is 0.306 e. The molecule has 0 aliphatic heterocycles. The highest BCUT2D eigenvalue weighted by atomic mass is 16.6. The molecule has 0 spiro atoms. The molecule has 0 heterocycles. The standard InChI is InChI=1S/C52H92O6/c1-4-7-10-13-16-19-22-25-26-28-30-33-36-39-42-45-51(54)57-48-49(47-56-50(53)44-41-38-35-32-29-24-21-18-15-12-9-6-3)58-52(55)46-43-40-37-34-31-27-23-20-17-14-11-8-5-2/h16,18-19,21,25-26,30,33,49H,4-15,17,20,22-24,27-29,31-32,34-48H2,1-3H3/b19-16-,21-18-,26-25-,33-30-/t49-/m1/s1. The van der Waals surface area contributed by atoms with E-state index in [2.05, 4.69) is 69.4 Å². The van der Waals surface area contributed by atoms with Crippen molar-refractivity contribution >= 4 is 17.9 Å². The molecule has 1 atom stereocenters. The van der Waals surface area contributed by atoms with E-state index in [-0.39, 0.29) is 31.1 Å². The molecule has 336 valence electrons. The maximum Gasteiger partial charge on any atom is 0.306 e. The van der Waals surface area contributed by atoms with Crippen molar-refractivity contribution in [3.05, 3.63) is 48.6 Å². The molecule has 0 amide bonds. The third-order valence-corrected chi connectivity index (χ3v) is 10.6. The first-order valence-electron chi connectivity index (χ1n) is 24.6. The molecule has 0 aliphatic rings. The van der Waals surface area contributed by atoms with Gasteiger partial charge in [-0.3, -0.25) is 14.4 Å². The van der Waals surface area contributed by atoms with Crippen molar-refractivity contribution in [2.75, 3.05) is 13.2 Å². The molecule has 6 nitrogen and oxygen atoms in total. The number of allylic oxidation sites excluding steroid dienone is 8. The second kappa shape index (κ2) is 47.1. The highest BCUT2D eigenvalue weighted by Gasteiger charge is 2.19. The molecule has 0 fully saturated rings. The van der Waals surface area contributed by atoms with Gasteiger partial charge in [-0.2, -0.15) is 0 Å². The van der Waals surface area contributed by atoms with Gasteiger partial charge in [0.05, 0.1) is 0 Å². The Morgan fingerprint density at radius 3 is 1.05 bits per heavy atom. The molecule has 0 N–H and O–H groups in total. The average molecular weight is 813 g/mol. The van der Waals surface area contributed by atoms with Crippen LogP contribution in [0, 0.1) is 0 Å². The summed E-state index contributed by atoms with van der Waals surface area (Å²) in [6.45, 7) is 6.55. The SMILES string of the molecule is CCCCC/C=C\C/C=C\C/C=C\CCCCC(=O)OC[C@@H](COC(=O)CCCCCCC/C=C\CCCCC)OC(=O)CCCCCCCCCCCCCCC. The van der Waals surface area contributed by atoms with E-state index in [0.717, 1.165) is 77.0 Å². The van der Waals surface area contributed by atoms with Crippen LogP contribution >= 0.6 is 0 Å². The summed E-state index contributed by atoms with van der Waals surface area (Å²) >= 11 is 0. The van der Waals surface area contributed by atoms with Crippen LogP contribution in [-0.4, -0.2) is 37.2 Å². The summed E-state index contributed by atoms with van der Waals surface area (Å²) in [4.78, 5) is 37.8. The van der Waals surface area contributed by atoms with Gasteiger partial charge in [-0.25, -0.2) is 0 Å². The fourth-order valence-corrected chi connectivity index (χ4v) is 6.80. The zero-order valence-electron chi connectivity index (χ0n) is 38.3. The first kappa shape index (κ1) is 55.4. The molecule has 6 heteroatoms. The summed E-state index contributed by atoms with van der Waals surface area (Å²) < 4.78 is 16.7. The quantitative estimate of drug-likeness (QED) is 0.0264. The maximum absolute atomic E-state index is 12.7. The Morgan fingerprint density at radius 1 is 0.345 bits per heavy atom. The van der Waals surface area contributed by atoms with E-state index in [9.17, 15) is 14.4 Å². The molecule has 0 aromatic rings. The molecule has 0 aromatic carbocycles. The van der Waals surface area contributed by atoms with Crippen LogP contribution in [0.2, 0.25) is 0 Å². The summed E-state index contributed by atoms with van der Waals surface area (Å²) in [6.07, 6.45) is 55.2. The number of carbonyl (C=O) groups is 3. The third kappa shape index (κ3) is 44.5. The van der Waals surface area contributed by atoms with Crippen LogP contribution in [0.15, 0.2) is 48.6 Å². The Labute approximate surface area is 358 Å². The van der Waals surface area contributed by atoms with Crippen LogP contribution in [0.5, 0.6) is 0 Å². The monoisotopic (exact) mass is 813 g/mol. The number of unbranched alkanes of at least 4 members (excludes halogenated alkanes) is 25. The zero-order chi connectivity index (χ0) is 42.3. The Kier molecular flexibility index (Phi) is 44.9. The van der Waals surface area contributed by atoms with E-state index in [0.29, 0.717) is 19.3 Å².